The molecule has 4 heteroatoms. The van der Waals surface area contributed by atoms with E-state index >= 15 is 0 Å². The van der Waals surface area contributed by atoms with Crippen LogP contribution in [0.2, 0.25) is 0 Å². The zero-order chi connectivity index (χ0) is 13.4. The molecule has 0 bridgehead atoms. The summed E-state index contributed by atoms with van der Waals surface area (Å²) in [5.41, 5.74) is 1.39. The van der Waals surface area contributed by atoms with Gasteiger partial charge >= 0.3 is 0 Å². The Labute approximate surface area is 119 Å². The van der Waals surface area contributed by atoms with Crippen molar-refractivity contribution >= 4 is 17.2 Å². The molecule has 0 N–H and O–H groups in total. The molecule has 1 fully saturated rings. The Hall–Kier alpha value is -0.870. The molecule has 104 valence electrons. The van der Waals surface area contributed by atoms with Gasteiger partial charge in [-0.25, -0.2) is 0 Å². The lowest BCUT2D eigenvalue weighted by molar-refractivity contribution is -0.135. The number of amides is 1. The van der Waals surface area contributed by atoms with Crippen LogP contribution >= 0.6 is 11.3 Å². The number of thiophene rings is 1. The Balaban J connectivity index is 1.71. The number of hydrogen-bond donors (Lipinski definition) is 0. The van der Waals surface area contributed by atoms with Crippen LogP contribution in [0.15, 0.2) is 11.4 Å². The van der Waals surface area contributed by atoms with Crippen molar-refractivity contribution in [2.75, 3.05) is 20.1 Å². The minimum Gasteiger partial charge on any atom is -0.334 e. The second-order valence-electron chi connectivity index (χ2n) is 5.71. The van der Waals surface area contributed by atoms with Gasteiger partial charge in [0.1, 0.15) is 0 Å². The van der Waals surface area contributed by atoms with Crippen LogP contribution in [-0.4, -0.2) is 41.9 Å². The molecule has 2 aliphatic rings. The normalized spacial score (nSPS) is 22.7. The summed E-state index contributed by atoms with van der Waals surface area (Å²) < 4.78 is 0. The summed E-state index contributed by atoms with van der Waals surface area (Å²) in [4.78, 5) is 18.3. The molecule has 1 atom stereocenters. The first-order valence-electron chi connectivity index (χ1n) is 7.26. The third-order valence-corrected chi connectivity index (χ3v) is 5.35. The molecule has 0 unspecified atom stereocenters. The highest BCUT2D eigenvalue weighted by Gasteiger charge is 2.33. The zero-order valence-electron chi connectivity index (χ0n) is 11.8. The maximum Gasteiger partial charge on any atom is 0.237 e. The van der Waals surface area contributed by atoms with Gasteiger partial charge < -0.3 is 4.90 Å². The van der Waals surface area contributed by atoms with E-state index in [9.17, 15) is 4.79 Å². The van der Waals surface area contributed by atoms with E-state index in [0.29, 0.717) is 24.5 Å². The second-order valence-corrected chi connectivity index (χ2v) is 6.71. The van der Waals surface area contributed by atoms with E-state index in [1.165, 1.54) is 23.3 Å². The average Bonchev–Trinajstić information content (AvgIpc) is 3.15. The third-order valence-electron chi connectivity index (χ3n) is 4.36. The van der Waals surface area contributed by atoms with Crippen LogP contribution in [0.3, 0.4) is 0 Å². The first-order chi connectivity index (χ1) is 9.20. The van der Waals surface area contributed by atoms with Gasteiger partial charge in [0.2, 0.25) is 5.91 Å². The number of hydrogen-bond acceptors (Lipinski definition) is 3. The topological polar surface area (TPSA) is 23.6 Å². The van der Waals surface area contributed by atoms with E-state index in [0.717, 1.165) is 19.4 Å². The summed E-state index contributed by atoms with van der Waals surface area (Å²) in [6.45, 7) is 3.66. The highest BCUT2D eigenvalue weighted by molar-refractivity contribution is 7.10. The van der Waals surface area contributed by atoms with Crippen molar-refractivity contribution in [3.63, 3.8) is 0 Å². The van der Waals surface area contributed by atoms with Gasteiger partial charge in [-0.05, 0) is 49.7 Å². The van der Waals surface area contributed by atoms with Crippen LogP contribution in [0.5, 0.6) is 0 Å². The van der Waals surface area contributed by atoms with E-state index < -0.39 is 0 Å². The second kappa shape index (κ2) is 5.25. The Morgan fingerprint density at radius 3 is 3.00 bits per heavy atom. The molecule has 3 rings (SSSR count). The Kier molecular flexibility index (Phi) is 3.63. The van der Waals surface area contributed by atoms with Gasteiger partial charge in [0.25, 0.3) is 0 Å². The molecule has 1 aliphatic carbocycles. The van der Waals surface area contributed by atoms with Gasteiger partial charge in [-0.1, -0.05) is 6.92 Å². The Morgan fingerprint density at radius 1 is 1.53 bits per heavy atom. The molecule has 1 amide bonds. The molecule has 19 heavy (non-hydrogen) atoms. The van der Waals surface area contributed by atoms with Gasteiger partial charge in [0, 0.05) is 17.5 Å². The fourth-order valence-electron chi connectivity index (χ4n) is 3.08. The standard InChI is InChI=1S/C15H22N2OS/c1-3-13-12-7-9-19-14(12)6-8-17(13)15(18)10-16(2)11-4-5-11/h7,9,11,13H,3-6,8,10H2,1-2H3/t13-/m1/s1. The monoisotopic (exact) mass is 278 g/mol. The van der Waals surface area contributed by atoms with Crippen LogP contribution in [-0.2, 0) is 11.2 Å². The van der Waals surface area contributed by atoms with Gasteiger partial charge in [0.05, 0.1) is 12.6 Å². The highest BCUT2D eigenvalue weighted by atomic mass is 32.1. The molecular weight excluding hydrogens is 256 g/mol. The van der Waals surface area contributed by atoms with Crippen molar-refractivity contribution in [1.29, 1.82) is 0 Å². The summed E-state index contributed by atoms with van der Waals surface area (Å²) in [6, 6.07) is 3.17. The van der Waals surface area contributed by atoms with Crippen LogP contribution in [0, 0.1) is 0 Å². The number of likely N-dealkylation sites (N-methyl/N-ethyl adjacent to an activating group) is 1. The van der Waals surface area contributed by atoms with Crippen molar-refractivity contribution in [3.8, 4) is 0 Å². The number of carbonyl (C=O) groups excluding carboxylic acids is 1. The van der Waals surface area contributed by atoms with Gasteiger partial charge in [-0.2, -0.15) is 0 Å². The van der Waals surface area contributed by atoms with Crippen LogP contribution in [0.1, 0.15) is 42.7 Å². The van der Waals surface area contributed by atoms with Crippen molar-refractivity contribution in [1.82, 2.24) is 9.80 Å². The lowest BCUT2D eigenvalue weighted by Gasteiger charge is -2.36. The molecule has 0 spiro atoms. The maximum atomic E-state index is 12.5. The largest absolute Gasteiger partial charge is 0.334 e. The summed E-state index contributed by atoms with van der Waals surface area (Å²) >= 11 is 1.84. The predicted octanol–water partition coefficient (Wildman–Crippen LogP) is 2.68. The van der Waals surface area contributed by atoms with E-state index in [4.69, 9.17) is 0 Å². The minimum absolute atomic E-state index is 0.301. The number of nitrogens with zero attached hydrogens (tertiary/aromatic N) is 2. The molecule has 1 aromatic heterocycles. The fraction of sp³-hybridized carbons (Fsp3) is 0.667. The van der Waals surface area contributed by atoms with Crippen molar-refractivity contribution in [2.24, 2.45) is 0 Å². The summed E-state index contributed by atoms with van der Waals surface area (Å²) in [7, 11) is 2.08. The quantitative estimate of drug-likeness (QED) is 0.845. The SMILES string of the molecule is CC[C@@H]1c2ccsc2CCN1C(=O)CN(C)C1CC1. The molecule has 0 aromatic carbocycles. The van der Waals surface area contributed by atoms with Crippen LogP contribution in [0.25, 0.3) is 0 Å². The third kappa shape index (κ3) is 2.56. The smallest absolute Gasteiger partial charge is 0.237 e. The van der Waals surface area contributed by atoms with Gasteiger partial charge in [0.15, 0.2) is 0 Å². The Morgan fingerprint density at radius 2 is 2.32 bits per heavy atom. The van der Waals surface area contributed by atoms with Gasteiger partial charge in [-0.15, -0.1) is 11.3 Å². The van der Waals surface area contributed by atoms with E-state index in [-0.39, 0.29) is 0 Å². The summed E-state index contributed by atoms with van der Waals surface area (Å²) in [5, 5.41) is 2.16. The first kappa shape index (κ1) is 13.1. The predicted molar refractivity (Wildman–Crippen MR) is 78.4 cm³/mol. The Bertz CT molecular complexity index is 466. The average molecular weight is 278 g/mol. The van der Waals surface area contributed by atoms with Crippen molar-refractivity contribution in [2.45, 2.75) is 44.7 Å². The molecule has 1 aromatic rings. The maximum absolute atomic E-state index is 12.5. The number of fused-ring (bicyclic) bond motifs is 1. The van der Waals surface area contributed by atoms with Gasteiger partial charge in [-0.3, -0.25) is 9.69 Å². The molecule has 1 saturated carbocycles. The van der Waals surface area contributed by atoms with E-state index in [1.54, 1.807) is 0 Å². The summed E-state index contributed by atoms with van der Waals surface area (Å²) in [6.07, 6.45) is 4.57. The lowest BCUT2D eigenvalue weighted by atomic mass is 9.97. The first-order valence-corrected chi connectivity index (χ1v) is 8.14. The fourth-order valence-corrected chi connectivity index (χ4v) is 4.01. The number of carbonyl (C=O) groups is 1. The van der Waals surface area contributed by atoms with Crippen molar-refractivity contribution in [3.05, 3.63) is 21.9 Å². The molecular formula is C15H22N2OS. The number of rotatable bonds is 4. The van der Waals surface area contributed by atoms with Crippen LogP contribution in [0.4, 0.5) is 0 Å². The van der Waals surface area contributed by atoms with Crippen LogP contribution < -0.4 is 0 Å². The molecule has 0 radical (unpaired) electrons. The molecule has 1 aliphatic heterocycles. The molecule has 0 saturated heterocycles. The van der Waals surface area contributed by atoms with E-state index in [2.05, 4.69) is 35.2 Å². The lowest BCUT2D eigenvalue weighted by Crippen LogP contribution is -2.44. The van der Waals surface area contributed by atoms with E-state index in [1.807, 2.05) is 11.3 Å². The van der Waals surface area contributed by atoms with Crippen molar-refractivity contribution < 1.29 is 4.79 Å². The highest BCUT2D eigenvalue weighted by Crippen LogP contribution is 2.35. The summed E-state index contributed by atoms with van der Waals surface area (Å²) in [5.74, 6) is 0.304. The molecule has 3 nitrogen and oxygen atoms in total. The minimum atomic E-state index is 0.301. The molecule has 2 heterocycles. The zero-order valence-corrected chi connectivity index (χ0v) is 12.6.